The van der Waals surface area contributed by atoms with Crippen LogP contribution in [0.4, 0.5) is 4.39 Å². The Balaban J connectivity index is 2.11. The monoisotopic (exact) mass is 374 g/mol. The standard InChI is InChI=1S/C21H23FO5/c1-4-19(21(23)25-3)20-10-5-16(22)13-15(20)14-27-18-8-6-17(7-9-18)26-12-11-24-2/h4-10,13H,11-12,14H2,1-3H3. The summed E-state index contributed by atoms with van der Waals surface area (Å²) in [5, 5.41) is 0. The number of hydrogen-bond donors (Lipinski definition) is 0. The molecule has 0 aliphatic rings. The molecule has 0 bridgehead atoms. The normalized spacial score (nSPS) is 11.2. The molecule has 0 saturated heterocycles. The van der Waals surface area contributed by atoms with Crippen LogP contribution in [-0.4, -0.2) is 33.4 Å². The van der Waals surface area contributed by atoms with E-state index in [4.69, 9.17) is 18.9 Å². The predicted molar refractivity (Wildman–Crippen MR) is 100 cm³/mol. The van der Waals surface area contributed by atoms with Gasteiger partial charge in [-0.2, -0.15) is 0 Å². The highest BCUT2D eigenvalue weighted by molar-refractivity contribution is 6.16. The molecule has 5 nitrogen and oxygen atoms in total. The van der Waals surface area contributed by atoms with Crippen molar-refractivity contribution in [2.75, 3.05) is 27.4 Å². The minimum absolute atomic E-state index is 0.102. The first-order valence-corrected chi connectivity index (χ1v) is 8.47. The Bertz CT molecular complexity index is 784. The SMILES string of the molecule is CC=C(C(=O)OC)c1ccc(F)cc1COc1ccc(OCCOC)cc1. The second-order valence-corrected chi connectivity index (χ2v) is 5.60. The number of methoxy groups -OCH3 is 2. The average Bonchev–Trinajstić information content (AvgIpc) is 2.69. The smallest absolute Gasteiger partial charge is 0.338 e. The van der Waals surface area contributed by atoms with E-state index in [2.05, 4.69) is 0 Å². The van der Waals surface area contributed by atoms with Gasteiger partial charge in [0, 0.05) is 12.7 Å². The van der Waals surface area contributed by atoms with E-state index < -0.39 is 11.8 Å². The number of ether oxygens (including phenoxy) is 4. The second-order valence-electron chi connectivity index (χ2n) is 5.60. The summed E-state index contributed by atoms with van der Waals surface area (Å²) in [6, 6.07) is 11.3. The van der Waals surface area contributed by atoms with Gasteiger partial charge in [0.1, 0.15) is 30.5 Å². The maximum atomic E-state index is 13.7. The Morgan fingerprint density at radius 3 is 2.26 bits per heavy atom. The summed E-state index contributed by atoms with van der Waals surface area (Å²) in [6.45, 7) is 2.80. The number of carbonyl (C=O) groups excluding carboxylic acids is 1. The second kappa shape index (κ2) is 10.3. The lowest BCUT2D eigenvalue weighted by molar-refractivity contribution is -0.133. The summed E-state index contributed by atoms with van der Waals surface area (Å²) in [4.78, 5) is 12.0. The summed E-state index contributed by atoms with van der Waals surface area (Å²) in [7, 11) is 2.92. The van der Waals surface area contributed by atoms with Gasteiger partial charge in [-0.25, -0.2) is 9.18 Å². The fourth-order valence-corrected chi connectivity index (χ4v) is 2.47. The van der Waals surface area contributed by atoms with Crippen LogP contribution in [0.5, 0.6) is 11.5 Å². The first kappa shape index (κ1) is 20.5. The van der Waals surface area contributed by atoms with Gasteiger partial charge < -0.3 is 18.9 Å². The molecule has 144 valence electrons. The molecule has 2 aromatic rings. The van der Waals surface area contributed by atoms with Crippen molar-refractivity contribution >= 4 is 11.5 Å². The summed E-state index contributed by atoms with van der Waals surface area (Å²) in [5.74, 6) is 0.416. The first-order chi connectivity index (χ1) is 13.1. The van der Waals surface area contributed by atoms with E-state index in [-0.39, 0.29) is 6.61 Å². The molecule has 0 N–H and O–H groups in total. The number of carbonyl (C=O) groups is 1. The molecule has 0 heterocycles. The summed E-state index contributed by atoms with van der Waals surface area (Å²) < 4.78 is 34.7. The van der Waals surface area contributed by atoms with E-state index in [1.807, 2.05) is 0 Å². The lowest BCUT2D eigenvalue weighted by Gasteiger charge is -2.13. The minimum atomic E-state index is -0.483. The third kappa shape index (κ3) is 5.82. The van der Waals surface area contributed by atoms with E-state index in [1.165, 1.54) is 19.2 Å². The van der Waals surface area contributed by atoms with Crippen molar-refractivity contribution in [2.45, 2.75) is 13.5 Å². The molecule has 0 unspecified atom stereocenters. The van der Waals surface area contributed by atoms with E-state index in [9.17, 15) is 9.18 Å². The van der Waals surface area contributed by atoms with Gasteiger partial charge in [-0.1, -0.05) is 12.1 Å². The van der Waals surface area contributed by atoms with Crippen LogP contribution in [0.1, 0.15) is 18.1 Å². The molecule has 2 rings (SSSR count). The molecule has 0 saturated carbocycles. The van der Waals surface area contributed by atoms with Crippen molar-refractivity contribution in [3.05, 3.63) is 65.5 Å². The molecule has 27 heavy (non-hydrogen) atoms. The van der Waals surface area contributed by atoms with Crippen molar-refractivity contribution in [2.24, 2.45) is 0 Å². The zero-order chi connectivity index (χ0) is 19.6. The minimum Gasteiger partial charge on any atom is -0.491 e. The molecule has 0 aromatic heterocycles. The predicted octanol–water partition coefficient (Wildman–Crippen LogP) is 4.01. The van der Waals surface area contributed by atoms with Crippen molar-refractivity contribution in [3.63, 3.8) is 0 Å². The van der Waals surface area contributed by atoms with E-state index >= 15 is 0 Å². The fraction of sp³-hybridized carbons (Fsp3) is 0.286. The Hall–Kier alpha value is -2.86. The number of allylic oxidation sites excluding steroid dienone is 1. The lowest BCUT2D eigenvalue weighted by atomic mass is 9.99. The van der Waals surface area contributed by atoms with Crippen LogP contribution in [-0.2, 0) is 20.9 Å². The van der Waals surface area contributed by atoms with Gasteiger partial charge in [0.25, 0.3) is 0 Å². The summed E-state index contributed by atoms with van der Waals surface area (Å²) >= 11 is 0. The molecular weight excluding hydrogens is 351 g/mol. The molecule has 0 spiro atoms. The van der Waals surface area contributed by atoms with Gasteiger partial charge in [0.15, 0.2) is 0 Å². The maximum Gasteiger partial charge on any atom is 0.338 e. The highest BCUT2D eigenvalue weighted by Gasteiger charge is 2.16. The quantitative estimate of drug-likeness (QED) is 0.377. The number of hydrogen-bond acceptors (Lipinski definition) is 5. The number of rotatable bonds is 9. The van der Waals surface area contributed by atoms with E-state index in [0.717, 1.165) is 0 Å². The van der Waals surface area contributed by atoms with Crippen molar-refractivity contribution < 1.29 is 28.1 Å². The first-order valence-electron chi connectivity index (χ1n) is 8.47. The third-order valence-corrected chi connectivity index (χ3v) is 3.83. The van der Waals surface area contributed by atoms with E-state index in [1.54, 1.807) is 50.4 Å². The molecule has 0 aliphatic carbocycles. The van der Waals surface area contributed by atoms with Gasteiger partial charge >= 0.3 is 5.97 Å². The van der Waals surface area contributed by atoms with Gasteiger partial charge in [-0.3, -0.25) is 0 Å². The molecule has 0 fully saturated rings. The van der Waals surface area contributed by atoms with Gasteiger partial charge in [0.2, 0.25) is 0 Å². The number of halogens is 1. The fourth-order valence-electron chi connectivity index (χ4n) is 2.47. The molecule has 2 aromatic carbocycles. The topological polar surface area (TPSA) is 54.0 Å². The molecule has 6 heteroatoms. The summed E-state index contributed by atoms with van der Waals surface area (Å²) in [5.41, 5.74) is 1.48. The summed E-state index contributed by atoms with van der Waals surface area (Å²) in [6.07, 6.45) is 1.63. The van der Waals surface area contributed by atoms with Crippen molar-refractivity contribution in [1.82, 2.24) is 0 Å². The number of esters is 1. The van der Waals surface area contributed by atoms with Crippen molar-refractivity contribution in [3.8, 4) is 11.5 Å². The Morgan fingerprint density at radius 1 is 1.00 bits per heavy atom. The van der Waals surface area contributed by atoms with Crippen LogP contribution in [0.15, 0.2) is 48.5 Å². The molecule has 0 amide bonds. The van der Waals surface area contributed by atoms with Gasteiger partial charge in [-0.15, -0.1) is 0 Å². The van der Waals surface area contributed by atoms with Crippen LogP contribution < -0.4 is 9.47 Å². The van der Waals surface area contributed by atoms with Crippen LogP contribution in [0.25, 0.3) is 5.57 Å². The zero-order valence-electron chi connectivity index (χ0n) is 15.7. The van der Waals surface area contributed by atoms with Crippen molar-refractivity contribution in [1.29, 1.82) is 0 Å². The zero-order valence-corrected chi connectivity index (χ0v) is 15.7. The molecule has 0 radical (unpaired) electrons. The van der Waals surface area contributed by atoms with Gasteiger partial charge in [-0.05, 0) is 48.9 Å². The Kier molecular flexibility index (Phi) is 7.82. The van der Waals surface area contributed by atoms with Crippen LogP contribution in [0.2, 0.25) is 0 Å². The highest BCUT2D eigenvalue weighted by Crippen LogP contribution is 2.24. The van der Waals surface area contributed by atoms with Crippen LogP contribution >= 0.6 is 0 Å². The molecular formula is C21H23FO5. The Morgan fingerprint density at radius 2 is 1.67 bits per heavy atom. The number of benzene rings is 2. The molecule has 0 atom stereocenters. The van der Waals surface area contributed by atoms with Crippen LogP contribution in [0.3, 0.4) is 0 Å². The lowest BCUT2D eigenvalue weighted by Crippen LogP contribution is -2.08. The van der Waals surface area contributed by atoms with E-state index in [0.29, 0.717) is 41.4 Å². The highest BCUT2D eigenvalue weighted by atomic mass is 19.1. The largest absolute Gasteiger partial charge is 0.491 e. The maximum absolute atomic E-state index is 13.7. The Labute approximate surface area is 158 Å². The third-order valence-electron chi connectivity index (χ3n) is 3.83. The van der Waals surface area contributed by atoms with Gasteiger partial charge in [0.05, 0.1) is 19.3 Å². The van der Waals surface area contributed by atoms with Crippen LogP contribution in [0, 0.1) is 5.82 Å². The average molecular weight is 374 g/mol. The molecule has 0 aliphatic heterocycles.